The molecule has 0 saturated carbocycles. The first-order valence-electron chi connectivity index (χ1n) is 9.40. The van der Waals surface area contributed by atoms with Gasteiger partial charge in [0.25, 0.3) is 0 Å². The van der Waals surface area contributed by atoms with Crippen molar-refractivity contribution in [2.45, 2.75) is 36.8 Å². The Morgan fingerprint density at radius 3 is 2.42 bits per heavy atom. The van der Waals surface area contributed by atoms with E-state index >= 15 is 0 Å². The minimum atomic E-state index is -4.61. The molecule has 0 N–H and O–H groups in total. The molecule has 0 aliphatic heterocycles. The zero-order valence-electron chi connectivity index (χ0n) is 16.6. The van der Waals surface area contributed by atoms with Gasteiger partial charge in [0.15, 0.2) is 16.8 Å². The maximum Gasteiger partial charge on any atom is 0.433 e. The highest BCUT2D eigenvalue weighted by Gasteiger charge is 2.34. The molecule has 31 heavy (non-hydrogen) atoms. The highest BCUT2D eigenvalue weighted by atomic mass is 32.2. The van der Waals surface area contributed by atoms with Gasteiger partial charge in [-0.05, 0) is 43.3 Å². The fourth-order valence-corrected chi connectivity index (χ4v) is 3.92. The molecule has 0 spiro atoms. The van der Waals surface area contributed by atoms with Crippen LogP contribution in [0.3, 0.4) is 0 Å². The fraction of sp³-hybridized carbons (Fsp3) is 0.190. The highest BCUT2D eigenvalue weighted by Crippen LogP contribution is 2.35. The van der Waals surface area contributed by atoms with Crippen LogP contribution in [0.25, 0.3) is 22.8 Å². The molecule has 0 fully saturated rings. The first-order valence-corrected chi connectivity index (χ1v) is 10.2. The van der Waals surface area contributed by atoms with Crippen molar-refractivity contribution in [1.82, 2.24) is 29.7 Å². The van der Waals surface area contributed by atoms with Gasteiger partial charge in [-0.1, -0.05) is 24.3 Å². The summed E-state index contributed by atoms with van der Waals surface area (Å²) < 4.78 is 42.3. The van der Waals surface area contributed by atoms with Crippen LogP contribution in [-0.2, 0) is 12.7 Å². The average Bonchev–Trinajstić information content (AvgIpc) is 3.16. The number of benzene rings is 1. The summed E-state index contributed by atoms with van der Waals surface area (Å²) in [5.41, 5.74) is 1.38. The van der Waals surface area contributed by atoms with E-state index in [1.165, 1.54) is 12.4 Å². The van der Waals surface area contributed by atoms with E-state index in [-0.39, 0.29) is 10.9 Å². The molecule has 0 aliphatic rings. The number of pyridine rings is 1. The lowest BCUT2D eigenvalue weighted by atomic mass is 10.1. The topological polar surface area (TPSA) is 69.4 Å². The van der Waals surface area contributed by atoms with E-state index in [2.05, 4.69) is 25.1 Å². The lowest BCUT2D eigenvalue weighted by Crippen LogP contribution is -2.10. The van der Waals surface area contributed by atoms with Gasteiger partial charge in [-0.15, -0.1) is 10.2 Å². The van der Waals surface area contributed by atoms with Crippen LogP contribution in [0.1, 0.15) is 18.2 Å². The maximum atomic E-state index is 13.5. The minimum absolute atomic E-state index is 0.0265. The first kappa shape index (κ1) is 21.0. The Kier molecular flexibility index (Phi) is 5.73. The zero-order chi connectivity index (χ0) is 22.0. The SMILES string of the molecule is CCn1c(Sc2cc(C(F)(F)F)nc(-c3ccncc3)n2)nnc1-c1ccccc1C. The molecule has 10 heteroatoms. The van der Waals surface area contributed by atoms with E-state index in [1.807, 2.05) is 42.7 Å². The second-order valence-corrected chi connectivity index (χ2v) is 7.60. The van der Waals surface area contributed by atoms with Gasteiger partial charge in [0.2, 0.25) is 0 Å². The minimum Gasteiger partial charge on any atom is -0.302 e. The summed E-state index contributed by atoms with van der Waals surface area (Å²) in [6, 6.07) is 11.8. The van der Waals surface area contributed by atoms with Gasteiger partial charge in [-0.25, -0.2) is 9.97 Å². The third-order valence-corrected chi connectivity index (χ3v) is 5.45. The van der Waals surface area contributed by atoms with Crippen molar-refractivity contribution in [3.63, 3.8) is 0 Å². The van der Waals surface area contributed by atoms with E-state index in [4.69, 9.17) is 0 Å². The van der Waals surface area contributed by atoms with E-state index in [9.17, 15) is 13.2 Å². The van der Waals surface area contributed by atoms with E-state index in [0.717, 1.165) is 29.0 Å². The molecule has 0 saturated heterocycles. The third-order valence-electron chi connectivity index (χ3n) is 4.55. The Hall–Kier alpha value is -3.27. The second kappa shape index (κ2) is 8.46. The van der Waals surface area contributed by atoms with Gasteiger partial charge in [0.05, 0.1) is 0 Å². The largest absolute Gasteiger partial charge is 0.433 e. The lowest BCUT2D eigenvalue weighted by molar-refractivity contribution is -0.141. The van der Waals surface area contributed by atoms with Crippen LogP contribution in [0.2, 0.25) is 0 Å². The van der Waals surface area contributed by atoms with Gasteiger partial charge in [-0.2, -0.15) is 13.2 Å². The van der Waals surface area contributed by atoms with E-state index in [0.29, 0.717) is 23.1 Å². The number of hydrogen-bond acceptors (Lipinski definition) is 6. The molecule has 3 aromatic heterocycles. The van der Waals surface area contributed by atoms with Crippen LogP contribution in [0, 0.1) is 6.92 Å². The van der Waals surface area contributed by atoms with Crippen LogP contribution in [-0.4, -0.2) is 29.7 Å². The zero-order valence-corrected chi connectivity index (χ0v) is 17.4. The molecule has 0 unspecified atom stereocenters. The summed E-state index contributed by atoms with van der Waals surface area (Å²) in [4.78, 5) is 11.9. The third kappa shape index (κ3) is 4.43. The fourth-order valence-electron chi connectivity index (χ4n) is 3.02. The Morgan fingerprint density at radius 1 is 1.00 bits per heavy atom. The summed E-state index contributed by atoms with van der Waals surface area (Å²) in [5.74, 6) is 0.629. The molecule has 0 radical (unpaired) electrons. The molecule has 0 bridgehead atoms. The summed E-state index contributed by atoms with van der Waals surface area (Å²) in [7, 11) is 0. The van der Waals surface area contributed by atoms with Gasteiger partial charge in [-0.3, -0.25) is 4.98 Å². The van der Waals surface area contributed by atoms with Crippen molar-refractivity contribution < 1.29 is 13.2 Å². The average molecular weight is 442 g/mol. The molecule has 1 aromatic carbocycles. The molecule has 0 amide bonds. The smallest absolute Gasteiger partial charge is 0.302 e. The van der Waals surface area contributed by atoms with Gasteiger partial charge < -0.3 is 4.57 Å². The van der Waals surface area contributed by atoms with Crippen molar-refractivity contribution in [3.8, 4) is 22.8 Å². The Bertz CT molecular complexity index is 1210. The number of rotatable bonds is 5. The molecule has 4 aromatic rings. The molecule has 4 rings (SSSR count). The number of aryl methyl sites for hydroxylation is 1. The Morgan fingerprint density at radius 2 is 1.74 bits per heavy atom. The molecular weight excluding hydrogens is 425 g/mol. The van der Waals surface area contributed by atoms with Crippen molar-refractivity contribution >= 4 is 11.8 Å². The Labute approximate surface area is 180 Å². The summed E-state index contributed by atoms with van der Waals surface area (Å²) in [6.07, 6.45) is -1.65. The van der Waals surface area contributed by atoms with Crippen molar-refractivity contribution in [2.75, 3.05) is 0 Å². The van der Waals surface area contributed by atoms with Crippen LogP contribution in [0.5, 0.6) is 0 Å². The molecule has 158 valence electrons. The number of aromatic nitrogens is 6. The van der Waals surface area contributed by atoms with Crippen LogP contribution < -0.4 is 0 Å². The van der Waals surface area contributed by atoms with Crippen LogP contribution in [0.4, 0.5) is 13.2 Å². The standard InChI is InChI=1S/C21H17F3N6S/c1-3-30-19(15-7-5-4-6-13(15)2)28-29-20(30)31-17-12-16(21(22,23)24)26-18(27-17)14-8-10-25-11-9-14/h4-12H,3H2,1-2H3. The van der Waals surface area contributed by atoms with Crippen molar-refractivity contribution in [1.29, 1.82) is 0 Å². The van der Waals surface area contributed by atoms with Gasteiger partial charge >= 0.3 is 6.18 Å². The number of alkyl halides is 3. The molecule has 0 atom stereocenters. The number of nitrogens with zero attached hydrogens (tertiary/aromatic N) is 6. The molecule has 0 aliphatic carbocycles. The normalized spacial score (nSPS) is 11.6. The maximum absolute atomic E-state index is 13.5. The highest BCUT2D eigenvalue weighted by molar-refractivity contribution is 7.99. The number of hydrogen-bond donors (Lipinski definition) is 0. The van der Waals surface area contributed by atoms with Crippen LogP contribution in [0.15, 0.2) is 65.0 Å². The van der Waals surface area contributed by atoms with Crippen LogP contribution >= 0.6 is 11.8 Å². The molecule has 3 heterocycles. The van der Waals surface area contributed by atoms with Gasteiger partial charge in [0, 0.05) is 36.1 Å². The second-order valence-electron chi connectivity index (χ2n) is 6.62. The lowest BCUT2D eigenvalue weighted by Gasteiger charge is -2.11. The Balaban J connectivity index is 1.77. The van der Waals surface area contributed by atoms with E-state index < -0.39 is 11.9 Å². The quantitative estimate of drug-likeness (QED) is 0.391. The predicted octanol–water partition coefficient (Wildman–Crippen LogP) is 5.30. The predicted molar refractivity (Wildman–Crippen MR) is 110 cm³/mol. The van der Waals surface area contributed by atoms with Gasteiger partial charge in [0.1, 0.15) is 10.7 Å². The number of halogens is 3. The summed E-state index contributed by atoms with van der Waals surface area (Å²) in [5, 5.41) is 9.09. The van der Waals surface area contributed by atoms with E-state index in [1.54, 1.807) is 12.1 Å². The molecule has 6 nitrogen and oxygen atoms in total. The van der Waals surface area contributed by atoms with Crippen molar-refractivity contribution in [2.24, 2.45) is 0 Å². The molecular formula is C21H17F3N6S. The van der Waals surface area contributed by atoms with Crippen molar-refractivity contribution in [3.05, 3.63) is 66.1 Å². The summed E-state index contributed by atoms with van der Waals surface area (Å²) in [6.45, 7) is 4.45. The monoisotopic (exact) mass is 442 g/mol. The summed E-state index contributed by atoms with van der Waals surface area (Å²) >= 11 is 1.02. The first-order chi connectivity index (χ1) is 14.9.